The molecule has 3 N–H and O–H groups in total. The highest BCUT2D eigenvalue weighted by molar-refractivity contribution is 6.31. The van der Waals surface area contributed by atoms with Gasteiger partial charge in [-0.1, -0.05) is 54.8 Å². The SMILES string of the molecule is O=C(O)c1ccc([C@H]2C[C@@H]3C(CC4CC4)[C@@]4(C(=O)Nc5cc(Cl)ccc54)[C@@H](c4cccc(F)c4F)[C@@H]3N2)cc1. The number of carbonyl (C=O) groups is 2. The van der Waals surface area contributed by atoms with Gasteiger partial charge >= 0.3 is 5.97 Å². The van der Waals surface area contributed by atoms with Gasteiger partial charge in [0.15, 0.2) is 11.6 Å². The number of hydrogen-bond donors (Lipinski definition) is 3. The number of anilines is 1. The zero-order valence-electron chi connectivity index (χ0n) is 21.0. The number of carboxylic acids is 1. The molecule has 5 nitrogen and oxygen atoms in total. The normalized spacial score (nSPS) is 30.8. The van der Waals surface area contributed by atoms with E-state index in [9.17, 15) is 19.1 Å². The molecule has 39 heavy (non-hydrogen) atoms. The minimum absolute atomic E-state index is 0.0230. The maximum atomic E-state index is 15.6. The first-order chi connectivity index (χ1) is 18.8. The van der Waals surface area contributed by atoms with Crippen LogP contribution in [0.25, 0.3) is 0 Å². The Labute approximate surface area is 229 Å². The maximum absolute atomic E-state index is 15.6. The van der Waals surface area contributed by atoms with Crippen LogP contribution >= 0.6 is 11.6 Å². The van der Waals surface area contributed by atoms with Crippen LogP contribution in [0.1, 0.15) is 64.7 Å². The second kappa shape index (κ2) is 8.86. The lowest BCUT2D eigenvalue weighted by molar-refractivity contribution is -0.123. The molecule has 1 amide bonds. The Morgan fingerprint density at radius 1 is 1.08 bits per heavy atom. The highest BCUT2D eigenvalue weighted by Gasteiger charge is 2.69. The average molecular weight is 549 g/mol. The number of amides is 1. The summed E-state index contributed by atoms with van der Waals surface area (Å²) in [4.78, 5) is 25.6. The van der Waals surface area contributed by atoms with Crippen LogP contribution in [0.5, 0.6) is 0 Å². The molecule has 3 aromatic rings. The van der Waals surface area contributed by atoms with Crippen molar-refractivity contribution >= 4 is 29.2 Å². The molecule has 2 aliphatic carbocycles. The van der Waals surface area contributed by atoms with E-state index < -0.39 is 28.9 Å². The number of carbonyl (C=O) groups excluding carboxylic acids is 1. The number of fused-ring (bicyclic) bond motifs is 3. The lowest BCUT2D eigenvalue weighted by Gasteiger charge is -2.38. The topological polar surface area (TPSA) is 78.4 Å². The summed E-state index contributed by atoms with van der Waals surface area (Å²) < 4.78 is 30.3. The molecule has 3 fully saturated rings. The summed E-state index contributed by atoms with van der Waals surface area (Å²) in [6.45, 7) is 0. The third kappa shape index (κ3) is 3.66. The summed E-state index contributed by atoms with van der Waals surface area (Å²) in [6.07, 6.45) is 3.74. The van der Waals surface area contributed by atoms with E-state index >= 15 is 4.39 Å². The summed E-state index contributed by atoms with van der Waals surface area (Å²) in [5.41, 5.74) is 1.72. The Bertz CT molecular complexity index is 1510. The second-order valence-electron chi connectivity index (χ2n) is 11.5. The largest absolute Gasteiger partial charge is 0.478 e. The van der Waals surface area contributed by atoms with Gasteiger partial charge in [0.2, 0.25) is 5.91 Å². The van der Waals surface area contributed by atoms with Gasteiger partial charge in [-0.05, 0) is 77.6 Å². The third-order valence-corrected chi connectivity index (χ3v) is 9.76. The molecule has 0 aromatic heterocycles. The molecule has 0 radical (unpaired) electrons. The van der Waals surface area contributed by atoms with E-state index in [1.54, 1.807) is 30.3 Å². The van der Waals surface area contributed by atoms with E-state index in [1.165, 1.54) is 6.07 Å². The summed E-state index contributed by atoms with van der Waals surface area (Å²) in [5.74, 6) is -3.24. The quantitative estimate of drug-likeness (QED) is 0.343. The van der Waals surface area contributed by atoms with Crippen LogP contribution in [0, 0.1) is 29.4 Å². The van der Waals surface area contributed by atoms with Gasteiger partial charge in [-0.25, -0.2) is 13.6 Å². The minimum atomic E-state index is -1.07. The lowest BCUT2D eigenvalue weighted by Crippen LogP contribution is -2.46. The molecule has 0 bridgehead atoms. The van der Waals surface area contributed by atoms with E-state index in [0.717, 1.165) is 36.5 Å². The van der Waals surface area contributed by atoms with Crippen molar-refractivity contribution in [2.45, 2.75) is 49.1 Å². The monoisotopic (exact) mass is 548 g/mol. The minimum Gasteiger partial charge on any atom is -0.478 e. The molecule has 1 saturated heterocycles. The molecule has 1 spiro atoms. The van der Waals surface area contributed by atoms with Crippen LogP contribution in [0.2, 0.25) is 5.02 Å². The Balaban J connectivity index is 1.39. The number of rotatable bonds is 5. The van der Waals surface area contributed by atoms with Crippen LogP contribution in [0.3, 0.4) is 0 Å². The molecular formula is C31H27ClF2N2O3. The second-order valence-corrected chi connectivity index (χ2v) is 11.9. The van der Waals surface area contributed by atoms with Gasteiger partial charge in [-0.3, -0.25) is 4.79 Å². The van der Waals surface area contributed by atoms with Crippen LogP contribution < -0.4 is 10.6 Å². The van der Waals surface area contributed by atoms with Crippen molar-refractivity contribution < 1.29 is 23.5 Å². The highest BCUT2D eigenvalue weighted by Crippen LogP contribution is 2.67. The number of benzene rings is 3. The van der Waals surface area contributed by atoms with Crippen molar-refractivity contribution in [3.05, 3.63) is 99.6 Å². The van der Waals surface area contributed by atoms with Crippen LogP contribution in [-0.2, 0) is 10.2 Å². The molecule has 8 heteroatoms. The number of hydrogen-bond acceptors (Lipinski definition) is 3. The summed E-state index contributed by atoms with van der Waals surface area (Å²) in [5, 5.41) is 16.6. The zero-order valence-corrected chi connectivity index (χ0v) is 21.7. The molecule has 7 rings (SSSR count). The maximum Gasteiger partial charge on any atom is 0.335 e. The molecule has 3 aromatic carbocycles. The van der Waals surface area contributed by atoms with Gasteiger partial charge in [0.1, 0.15) is 0 Å². The zero-order chi connectivity index (χ0) is 27.1. The van der Waals surface area contributed by atoms with Gasteiger partial charge in [0, 0.05) is 28.7 Å². The molecule has 200 valence electrons. The molecule has 6 atom stereocenters. The van der Waals surface area contributed by atoms with Crippen LogP contribution in [0.4, 0.5) is 14.5 Å². The van der Waals surface area contributed by atoms with Crippen molar-refractivity contribution in [1.82, 2.24) is 5.32 Å². The fourth-order valence-corrected chi connectivity index (χ4v) is 7.99. The van der Waals surface area contributed by atoms with Gasteiger partial charge in [0.25, 0.3) is 0 Å². The number of nitrogens with one attached hydrogen (secondary N) is 2. The Morgan fingerprint density at radius 2 is 1.85 bits per heavy atom. The average Bonchev–Trinajstić information content (AvgIpc) is 3.48. The summed E-state index contributed by atoms with van der Waals surface area (Å²) in [7, 11) is 0. The van der Waals surface area contributed by atoms with E-state index in [4.69, 9.17) is 11.6 Å². The standard InChI is InChI=1S/C31H27ClF2N2O3/c32-18-10-11-21-25(13-18)36-30(39)31(21)22(12-15-4-5-15)20-14-24(16-6-8-17(9-7-16)29(37)38)35-28(20)26(31)19-2-1-3-23(33)27(19)34/h1-3,6-11,13,15,20,22,24,26,28,35H,4-5,12,14H2,(H,36,39)(H,37,38)/t20-,22?,24-,26+,28-,31-/m1/s1. The first kappa shape index (κ1) is 24.7. The summed E-state index contributed by atoms with van der Waals surface area (Å²) >= 11 is 6.30. The van der Waals surface area contributed by atoms with Gasteiger partial charge < -0.3 is 15.7 Å². The Morgan fingerprint density at radius 3 is 2.56 bits per heavy atom. The van der Waals surface area contributed by atoms with Crippen molar-refractivity contribution in [3.8, 4) is 0 Å². The Hall–Kier alpha value is -3.29. The van der Waals surface area contributed by atoms with Crippen LogP contribution in [0.15, 0.2) is 60.7 Å². The van der Waals surface area contributed by atoms with Crippen molar-refractivity contribution in [3.63, 3.8) is 0 Å². The molecule has 4 aliphatic rings. The molecule has 2 aliphatic heterocycles. The molecule has 1 unspecified atom stereocenters. The highest BCUT2D eigenvalue weighted by atomic mass is 35.5. The number of carboxylic acid groups (broad SMARTS) is 1. The predicted octanol–water partition coefficient (Wildman–Crippen LogP) is 6.44. The summed E-state index contributed by atoms with van der Waals surface area (Å²) in [6, 6.07) is 16.0. The molecule has 2 saturated carbocycles. The predicted molar refractivity (Wildman–Crippen MR) is 143 cm³/mol. The lowest BCUT2D eigenvalue weighted by atomic mass is 9.63. The third-order valence-electron chi connectivity index (χ3n) is 9.53. The van der Waals surface area contributed by atoms with Gasteiger partial charge in [-0.15, -0.1) is 0 Å². The van der Waals surface area contributed by atoms with Crippen molar-refractivity contribution in [1.29, 1.82) is 0 Å². The van der Waals surface area contributed by atoms with E-state index in [2.05, 4.69) is 10.6 Å². The Kier molecular flexibility index (Phi) is 5.62. The van der Waals surface area contributed by atoms with E-state index in [-0.39, 0.29) is 41.0 Å². The van der Waals surface area contributed by atoms with E-state index in [0.29, 0.717) is 23.0 Å². The van der Waals surface area contributed by atoms with Crippen molar-refractivity contribution in [2.24, 2.45) is 17.8 Å². The number of halogens is 3. The fourth-order valence-electron chi connectivity index (χ4n) is 7.82. The van der Waals surface area contributed by atoms with Crippen LogP contribution in [-0.4, -0.2) is 23.0 Å². The van der Waals surface area contributed by atoms with E-state index in [1.807, 2.05) is 18.2 Å². The fraction of sp³-hybridized carbons (Fsp3) is 0.355. The van der Waals surface area contributed by atoms with Gasteiger partial charge in [-0.2, -0.15) is 0 Å². The molecular weight excluding hydrogens is 522 g/mol. The first-order valence-electron chi connectivity index (χ1n) is 13.4. The van der Waals surface area contributed by atoms with Crippen molar-refractivity contribution in [2.75, 3.05) is 5.32 Å². The first-order valence-corrected chi connectivity index (χ1v) is 13.8. The molecule has 2 heterocycles. The smallest absolute Gasteiger partial charge is 0.335 e. The van der Waals surface area contributed by atoms with Gasteiger partial charge in [0.05, 0.1) is 11.0 Å². The number of aromatic carboxylic acids is 1.